The Hall–Kier alpha value is -1.91. The van der Waals surface area contributed by atoms with Gasteiger partial charge >= 0.3 is 6.03 Å². The first kappa shape index (κ1) is 17.4. The van der Waals surface area contributed by atoms with Crippen LogP contribution >= 0.6 is 0 Å². The van der Waals surface area contributed by atoms with Crippen molar-refractivity contribution in [3.8, 4) is 5.75 Å². The second-order valence-electron chi connectivity index (χ2n) is 5.94. The molecule has 1 saturated heterocycles. The zero-order chi connectivity index (χ0) is 16.7. The van der Waals surface area contributed by atoms with Crippen LogP contribution in [0.5, 0.6) is 5.75 Å². The first-order chi connectivity index (χ1) is 11.2. The Balaban J connectivity index is 1.90. The first-order valence-corrected chi connectivity index (χ1v) is 8.62. The van der Waals surface area contributed by atoms with Gasteiger partial charge in [-0.05, 0) is 37.1 Å². The molecule has 0 atom stereocenters. The van der Waals surface area contributed by atoms with E-state index in [1.54, 1.807) is 7.11 Å². The van der Waals surface area contributed by atoms with Crippen molar-refractivity contribution in [2.75, 3.05) is 51.3 Å². The van der Waals surface area contributed by atoms with Gasteiger partial charge < -0.3 is 19.4 Å². The van der Waals surface area contributed by atoms with E-state index in [0.717, 1.165) is 57.9 Å². The lowest BCUT2D eigenvalue weighted by atomic mass is 10.2. The Morgan fingerprint density at radius 1 is 1.04 bits per heavy atom. The molecule has 1 aliphatic heterocycles. The molecule has 23 heavy (non-hydrogen) atoms. The Bertz CT molecular complexity index is 476. The van der Waals surface area contributed by atoms with Gasteiger partial charge in [0.15, 0.2) is 0 Å². The topological polar surface area (TPSA) is 36.0 Å². The molecular weight excluding hydrogens is 290 g/mol. The average Bonchev–Trinajstić information content (AvgIpc) is 2.61. The van der Waals surface area contributed by atoms with Crippen molar-refractivity contribution in [2.24, 2.45) is 0 Å². The maximum Gasteiger partial charge on any atom is 0.320 e. The number of hydrogen-bond donors (Lipinski definition) is 0. The Morgan fingerprint density at radius 3 is 2.09 bits per heavy atom. The minimum Gasteiger partial charge on any atom is -0.497 e. The summed E-state index contributed by atoms with van der Waals surface area (Å²) in [5, 5.41) is 0. The molecular formula is C18H29N3O2. The molecule has 1 aromatic rings. The van der Waals surface area contributed by atoms with Crippen LogP contribution in [0.4, 0.5) is 10.5 Å². The third kappa shape index (κ3) is 4.53. The summed E-state index contributed by atoms with van der Waals surface area (Å²) in [5.74, 6) is 0.873. The smallest absolute Gasteiger partial charge is 0.320 e. The zero-order valence-corrected chi connectivity index (χ0v) is 14.6. The lowest BCUT2D eigenvalue weighted by Crippen LogP contribution is -2.53. The highest BCUT2D eigenvalue weighted by Crippen LogP contribution is 2.20. The van der Waals surface area contributed by atoms with Crippen molar-refractivity contribution in [3.05, 3.63) is 24.3 Å². The molecule has 1 heterocycles. The highest BCUT2D eigenvalue weighted by Gasteiger charge is 2.24. The van der Waals surface area contributed by atoms with Gasteiger partial charge in [0.2, 0.25) is 0 Å². The number of amides is 2. The van der Waals surface area contributed by atoms with Gasteiger partial charge in [-0.3, -0.25) is 0 Å². The van der Waals surface area contributed by atoms with Crippen molar-refractivity contribution in [2.45, 2.75) is 26.7 Å². The normalized spacial score (nSPS) is 14.7. The van der Waals surface area contributed by atoms with Crippen LogP contribution < -0.4 is 9.64 Å². The van der Waals surface area contributed by atoms with Crippen molar-refractivity contribution in [1.82, 2.24) is 9.80 Å². The van der Waals surface area contributed by atoms with Gasteiger partial charge in [0.05, 0.1) is 7.11 Å². The summed E-state index contributed by atoms with van der Waals surface area (Å²) in [6, 6.07) is 8.32. The standard InChI is InChI=1S/C18H29N3O2/c1-4-10-20(11-5-2)18(22)21-14-12-19(13-15-21)16-6-8-17(23-3)9-7-16/h6-9H,4-5,10-15H2,1-3H3. The quantitative estimate of drug-likeness (QED) is 0.808. The van der Waals surface area contributed by atoms with Gasteiger partial charge in [0, 0.05) is 45.0 Å². The van der Waals surface area contributed by atoms with Crippen LogP contribution in [-0.4, -0.2) is 62.2 Å². The number of urea groups is 1. The summed E-state index contributed by atoms with van der Waals surface area (Å²) in [4.78, 5) is 18.9. The highest BCUT2D eigenvalue weighted by molar-refractivity contribution is 5.74. The monoisotopic (exact) mass is 319 g/mol. The number of piperazine rings is 1. The maximum absolute atomic E-state index is 12.6. The minimum absolute atomic E-state index is 0.197. The van der Waals surface area contributed by atoms with Crippen molar-refractivity contribution >= 4 is 11.7 Å². The van der Waals surface area contributed by atoms with E-state index in [0.29, 0.717) is 0 Å². The van der Waals surface area contributed by atoms with Gasteiger partial charge in [-0.15, -0.1) is 0 Å². The Morgan fingerprint density at radius 2 is 1.61 bits per heavy atom. The van der Waals surface area contributed by atoms with E-state index in [4.69, 9.17) is 4.74 Å². The summed E-state index contributed by atoms with van der Waals surface area (Å²) >= 11 is 0. The van der Waals surface area contributed by atoms with Crippen LogP contribution in [0.3, 0.4) is 0 Å². The molecule has 0 spiro atoms. The molecule has 0 saturated carbocycles. The summed E-state index contributed by atoms with van der Waals surface area (Å²) < 4.78 is 5.20. The Kier molecular flexibility index (Phi) is 6.56. The van der Waals surface area contributed by atoms with Crippen LogP contribution in [-0.2, 0) is 0 Å². The molecule has 0 N–H and O–H groups in total. The molecule has 0 radical (unpaired) electrons. The highest BCUT2D eigenvalue weighted by atomic mass is 16.5. The number of anilines is 1. The summed E-state index contributed by atoms with van der Waals surface area (Å²) in [7, 11) is 1.68. The molecule has 1 fully saturated rings. The van der Waals surface area contributed by atoms with Crippen molar-refractivity contribution < 1.29 is 9.53 Å². The number of benzene rings is 1. The number of carbonyl (C=O) groups excluding carboxylic acids is 1. The fraction of sp³-hybridized carbons (Fsp3) is 0.611. The molecule has 5 nitrogen and oxygen atoms in total. The molecule has 0 bridgehead atoms. The molecule has 5 heteroatoms. The van der Waals surface area contributed by atoms with Crippen LogP contribution in [0.15, 0.2) is 24.3 Å². The average molecular weight is 319 g/mol. The predicted octanol–water partition coefficient (Wildman–Crippen LogP) is 3.06. The number of hydrogen-bond acceptors (Lipinski definition) is 3. The van der Waals surface area contributed by atoms with E-state index in [1.807, 2.05) is 21.9 Å². The number of rotatable bonds is 6. The lowest BCUT2D eigenvalue weighted by Gasteiger charge is -2.38. The number of ether oxygens (including phenoxy) is 1. The van der Waals surface area contributed by atoms with E-state index < -0.39 is 0 Å². The minimum atomic E-state index is 0.197. The molecule has 1 aromatic carbocycles. The molecule has 128 valence electrons. The number of methoxy groups -OCH3 is 1. The molecule has 0 unspecified atom stereocenters. The van der Waals surface area contributed by atoms with Crippen LogP contribution in [0.1, 0.15) is 26.7 Å². The van der Waals surface area contributed by atoms with E-state index >= 15 is 0 Å². The molecule has 1 aliphatic rings. The molecule has 0 aliphatic carbocycles. The third-order valence-electron chi connectivity index (χ3n) is 4.25. The Labute approximate surface area is 139 Å². The van der Waals surface area contributed by atoms with E-state index in [-0.39, 0.29) is 6.03 Å². The summed E-state index contributed by atoms with van der Waals surface area (Å²) in [5.41, 5.74) is 1.19. The fourth-order valence-electron chi connectivity index (χ4n) is 2.99. The number of carbonyl (C=O) groups is 1. The van der Waals surface area contributed by atoms with Crippen LogP contribution in [0.2, 0.25) is 0 Å². The third-order valence-corrected chi connectivity index (χ3v) is 4.25. The summed E-state index contributed by atoms with van der Waals surface area (Å²) in [6.45, 7) is 9.28. The van der Waals surface area contributed by atoms with Gasteiger partial charge in [0.25, 0.3) is 0 Å². The molecule has 0 aromatic heterocycles. The lowest BCUT2D eigenvalue weighted by molar-refractivity contribution is 0.150. The maximum atomic E-state index is 12.6. The van der Waals surface area contributed by atoms with E-state index in [2.05, 4.69) is 30.9 Å². The van der Waals surface area contributed by atoms with Gasteiger partial charge in [-0.2, -0.15) is 0 Å². The molecule has 2 amide bonds. The largest absolute Gasteiger partial charge is 0.497 e. The van der Waals surface area contributed by atoms with Gasteiger partial charge in [-0.25, -0.2) is 4.79 Å². The van der Waals surface area contributed by atoms with E-state index in [1.165, 1.54) is 5.69 Å². The van der Waals surface area contributed by atoms with E-state index in [9.17, 15) is 4.79 Å². The van der Waals surface area contributed by atoms with Crippen LogP contribution in [0, 0.1) is 0 Å². The van der Waals surface area contributed by atoms with Crippen molar-refractivity contribution in [1.29, 1.82) is 0 Å². The number of nitrogens with zero attached hydrogens (tertiary/aromatic N) is 3. The first-order valence-electron chi connectivity index (χ1n) is 8.62. The van der Waals surface area contributed by atoms with Crippen molar-refractivity contribution in [3.63, 3.8) is 0 Å². The second-order valence-corrected chi connectivity index (χ2v) is 5.94. The fourth-order valence-corrected chi connectivity index (χ4v) is 2.99. The van der Waals surface area contributed by atoms with Gasteiger partial charge in [-0.1, -0.05) is 13.8 Å². The summed E-state index contributed by atoms with van der Waals surface area (Å²) in [6.07, 6.45) is 2.02. The zero-order valence-electron chi connectivity index (χ0n) is 14.6. The SMILES string of the molecule is CCCN(CCC)C(=O)N1CCN(c2ccc(OC)cc2)CC1. The van der Waals surface area contributed by atoms with Gasteiger partial charge in [0.1, 0.15) is 5.75 Å². The molecule has 2 rings (SSSR count). The predicted molar refractivity (Wildman–Crippen MR) is 94.3 cm³/mol. The second kappa shape index (κ2) is 8.65. The van der Waals surface area contributed by atoms with Crippen LogP contribution in [0.25, 0.3) is 0 Å².